The van der Waals surface area contributed by atoms with Crippen molar-refractivity contribution in [3.8, 4) is 11.3 Å². The molecule has 0 fully saturated rings. The molecule has 0 spiro atoms. The molecule has 0 saturated heterocycles. The van der Waals surface area contributed by atoms with Gasteiger partial charge in [0.05, 0.1) is 5.69 Å². The normalized spacial score (nSPS) is 11.1. The maximum Gasteiger partial charge on any atom is 0.212 e. The van der Waals surface area contributed by atoms with Crippen LogP contribution < -0.4 is 0 Å². The summed E-state index contributed by atoms with van der Waals surface area (Å²) in [7, 11) is 0. The Hall–Kier alpha value is -2.73. The first kappa shape index (κ1) is 15.8. The van der Waals surface area contributed by atoms with E-state index in [2.05, 4.69) is 34.4 Å². The van der Waals surface area contributed by atoms with Gasteiger partial charge < -0.3 is 0 Å². The highest BCUT2D eigenvalue weighted by atomic mass is 32.2. The second kappa shape index (κ2) is 6.64. The van der Waals surface area contributed by atoms with Gasteiger partial charge in [0.1, 0.15) is 5.82 Å². The van der Waals surface area contributed by atoms with Crippen LogP contribution in [0.15, 0.2) is 65.8 Å². The van der Waals surface area contributed by atoms with E-state index in [1.165, 1.54) is 29.5 Å². The number of hydrogen-bond donors (Lipinski definition) is 0. The average molecular weight is 350 g/mol. The molecular formula is C19H15FN4S. The summed E-state index contributed by atoms with van der Waals surface area (Å²) in [5, 5.41) is 13.7. The zero-order chi connectivity index (χ0) is 17.2. The Bertz CT molecular complexity index is 1030. The molecule has 0 atom stereocenters. The number of halogens is 1. The van der Waals surface area contributed by atoms with Gasteiger partial charge in [-0.25, -0.2) is 4.39 Å². The monoisotopic (exact) mass is 350 g/mol. The minimum Gasteiger partial charge on any atom is -0.207 e. The molecule has 0 radical (unpaired) electrons. The van der Waals surface area contributed by atoms with Gasteiger partial charge in [0, 0.05) is 11.3 Å². The van der Waals surface area contributed by atoms with Gasteiger partial charge in [-0.15, -0.1) is 10.2 Å². The second-order valence-corrected chi connectivity index (χ2v) is 6.70. The third-order valence-corrected chi connectivity index (χ3v) is 4.83. The molecule has 0 aliphatic heterocycles. The molecule has 2 heterocycles. The second-order valence-electron chi connectivity index (χ2n) is 5.76. The number of benzene rings is 2. The van der Waals surface area contributed by atoms with E-state index in [0.717, 1.165) is 16.8 Å². The van der Waals surface area contributed by atoms with Crippen LogP contribution >= 0.6 is 11.8 Å². The van der Waals surface area contributed by atoms with Crippen LogP contribution in [-0.2, 0) is 5.75 Å². The highest BCUT2D eigenvalue weighted by molar-refractivity contribution is 7.98. The fraction of sp³-hybridized carbons (Fsp3) is 0.105. The van der Waals surface area contributed by atoms with Gasteiger partial charge >= 0.3 is 0 Å². The van der Waals surface area contributed by atoms with E-state index in [9.17, 15) is 4.39 Å². The molecule has 0 bridgehead atoms. The van der Waals surface area contributed by atoms with Crippen molar-refractivity contribution in [1.29, 1.82) is 0 Å². The van der Waals surface area contributed by atoms with Crippen LogP contribution in [0.2, 0.25) is 0 Å². The summed E-state index contributed by atoms with van der Waals surface area (Å²) in [6, 6.07) is 18.6. The number of rotatable bonds is 4. The minimum absolute atomic E-state index is 0.232. The number of thioether (sulfide) groups is 1. The molecule has 4 nitrogen and oxygen atoms in total. The number of fused-ring (bicyclic) bond motifs is 1. The highest BCUT2D eigenvalue weighted by Crippen LogP contribution is 2.23. The van der Waals surface area contributed by atoms with Gasteiger partial charge in [0.2, 0.25) is 5.16 Å². The van der Waals surface area contributed by atoms with E-state index >= 15 is 0 Å². The maximum absolute atomic E-state index is 13.3. The van der Waals surface area contributed by atoms with Crippen molar-refractivity contribution in [2.45, 2.75) is 17.8 Å². The molecule has 0 aliphatic carbocycles. The smallest absolute Gasteiger partial charge is 0.207 e. The largest absolute Gasteiger partial charge is 0.212 e. The Balaban J connectivity index is 1.63. The summed E-state index contributed by atoms with van der Waals surface area (Å²) < 4.78 is 15.0. The molecule has 0 saturated carbocycles. The third-order valence-electron chi connectivity index (χ3n) is 3.84. The predicted molar refractivity (Wildman–Crippen MR) is 96.9 cm³/mol. The molecule has 6 heteroatoms. The van der Waals surface area contributed by atoms with E-state index in [-0.39, 0.29) is 5.82 Å². The van der Waals surface area contributed by atoms with Crippen LogP contribution in [0, 0.1) is 12.7 Å². The molecule has 0 aliphatic rings. The van der Waals surface area contributed by atoms with Crippen LogP contribution in [0.5, 0.6) is 0 Å². The molecule has 25 heavy (non-hydrogen) atoms. The first-order valence-corrected chi connectivity index (χ1v) is 8.84. The van der Waals surface area contributed by atoms with E-state index in [4.69, 9.17) is 0 Å². The molecule has 4 rings (SSSR count). The van der Waals surface area contributed by atoms with Gasteiger partial charge in [-0.1, -0.05) is 53.7 Å². The minimum atomic E-state index is -0.232. The van der Waals surface area contributed by atoms with Crippen molar-refractivity contribution in [2.75, 3.05) is 0 Å². The van der Waals surface area contributed by atoms with Crippen molar-refractivity contribution in [3.05, 3.63) is 77.6 Å². The van der Waals surface area contributed by atoms with Crippen molar-refractivity contribution < 1.29 is 4.39 Å². The van der Waals surface area contributed by atoms with Crippen molar-refractivity contribution >= 4 is 17.4 Å². The van der Waals surface area contributed by atoms with Crippen LogP contribution in [0.4, 0.5) is 4.39 Å². The van der Waals surface area contributed by atoms with Crippen LogP contribution in [0.25, 0.3) is 16.9 Å². The number of hydrogen-bond acceptors (Lipinski definition) is 4. The van der Waals surface area contributed by atoms with Gasteiger partial charge in [0.25, 0.3) is 0 Å². The van der Waals surface area contributed by atoms with Crippen LogP contribution in [0.3, 0.4) is 0 Å². The van der Waals surface area contributed by atoms with Crippen molar-refractivity contribution in [2.24, 2.45) is 0 Å². The van der Waals surface area contributed by atoms with E-state index in [1.54, 1.807) is 10.6 Å². The summed E-state index contributed by atoms with van der Waals surface area (Å²) in [4.78, 5) is 0. The molecule has 124 valence electrons. The summed E-state index contributed by atoms with van der Waals surface area (Å²) >= 11 is 1.48. The van der Waals surface area contributed by atoms with E-state index < -0.39 is 0 Å². The van der Waals surface area contributed by atoms with E-state index in [0.29, 0.717) is 16.6 Å². The Kier molecular flexibility index (Phi) is 4.19. The van der Waals surface area contributed by atoms with Crippen LogP contribution in [0.1, 0.15) is 11.1 Å². The SMILES string of the molecule is Cc1ccc(-c2ccc3nnc(SCc4cccc(F)c4)n3n2)cc1. The number of aryl methyl sites for hydroxylation is 1. The lowest BCUT2D eigenvalue weighted by Gasteiger charge is -2.04. The van der Waals surface area contributed by atoms with Gasteiger partial charge in [-0.3, -0.25) is 0 Å². The van der Waals surface area contributed by atoms with Gasteiger partial charge in [-0.05, 0) is 36.8 Å². The van der Waals surface area contributed by atoms with Gasteiger partial charge in [-0.2, -0.15) is 9.61 Å². The Morgan fingerprint density at radius 3 is 2.64 bits per heavy atom. The summed E-state index contributed by atoms with van der Waals surface area (Å²) in [6.07, 6.45) is 0. The highest BCUT2D eigenvalue weighted by Gasteiger charge is 2.10. The Labute approximate surface area is 148 Å². The standard InChI is InChI=1S/C19H15FN4S/c1-13-5-7-15(8-6-13)17-9-10-18-21-22-19(24(18)23-17)25-12-14-3-2-4-16(20)11-14/h2-11H,12H2,1H3. The molecule has 2 aromatic heterocycles. The zero-order valence-electron chi connectivity index (χ0n) is 13.6. The lowest BCUT2D eigenvalue weighted by Crippen LogP contribution is -1.96. The average Bonchev–Trinajstić information content (AvgIpc) is 3.03. The van der Waals surface area contributed by atoms with Crippen molar-refractivity contribution in [3.63, 3.8) is 0 Å². The number of aromatic nitrogens is 4. The first-order valence-electron chi connectivity index (χ1n) is 7.86. The lowest BCUT2D eigenvalue weighted by atomic mass is 10.1. The third kappa shape index (κ3) is 3.39. The molecule has 0 N–H and O–H groups in total. The first-order chi connectivity index (χ1) is 12.2. The summed E-state index contributed by atoms with van der Waals surface area (Å²) in [5.41, 5.74) is 4.71. The zero-order valence-corrected chi connectivity index (χ0v) is 14.4. The molecule has 2 aromatic carbocycles. The topological polar surface area (TPSA) is 43.1 Å². The lowest BCUT2D eigenvalue weighted by molar-refractivity contribution is 0.626. The van der Waals surface area contributed by atoms with E-state index in [1.807, 2.05) is 30.3 Å². The fourth-order valence-electron chi connectivity index (χ4n) is 2.51. The number of nitrogens with zero attached hydrogens (tertiary/aromatic N) is 4. The summed E-state index contributed by atoms with van der Waals surface area (Å²) in [5.74, 6) is 0.374. The molecular weight excluding hydrogens is 335 g/mol. The Morgan fingerprint density at radius 1 is 1.00 bits per heavy atom. The van der Waals surface area contributed by atoms with Crippen molar-refractivity contribution in [1.82, 2.24) is 19.8 Å². The summed E-state index contributed by atoms with van der Waals surface area (Å²) in [6.45, 7) is 2.06. The molecule has 4 aromatic rings. The van der Waals surface area contributed by atoms with Crippen LogP contribution in [-0.4, -0.2) is 19.8 Å². The molecule has 0 amide bonds. The van der Waals surface area contributed by atoms with Gasteiger partial charge in [0.15, 0.2) is 5.65 Å². The predicted octanol–water partition coefficient (Wildman–Crippen LogP) is 4.53. The Morgan fingerprint density at radius 2 is 1.84 bits per heavy atom. The maximum atomic E-state index is 13.3. The quantitative estimate of drug-likeness (QED) is 0.507. The molecule has 0 unspecified atom stereocenters. The fourth-order valence-corrected chi connectivity index (χ4v) is 3.34.